The van der Waals surface area contributed by atoms with E-state index in [1.165, 1.54) is 60.8 Å². The van der Waals surface area contributed by atoms with Gasteiger partial charge in [0.2, 0.25) is 0 Å². The van der Waals surface area contributed by atoms with Crippen molar-refractivity contribution < 1.29 is 4.42 Å². The summed E-state index contributed by atoms with van der Waals surface area (Å²) < 4.78 is 9.82. The third-order valence-corrected chi connectivity index (χ3v) is 19.7. The maximum absolute atomic E-state index is 7.22. The van der Waals surface area contributed by atoms with Crippen molar-refractivity contribution >= 4 is 107 Å². The standard InChI is InChI=1S/C86H89BN4O/c1-81(2,3)55-28-37-61(38-29-55)88(62-39-30-56(31-40-62)82(4,5)6)65-45-46-70-73(51-65)90(72-47-36-59(85(13,14)15)48-68(72)54-24-20-19-21-25-54)74-52-66(89(63-41-32-57(33-42-63)83(7,8)9)64-43-34-58(35-44-64)84(10,11)12)53-75-77(74)87(70)71-50-60(86(16,17)18)49-69-78(71)91(75)79-67-26-22-23-27-76(67)92-80(69)79/h19-53H,1-18H3. The minimum Gasteiger partial charge on any atom is -0.454 e. The number of furan rings is 1. The van der Waals surface area contributed by atoms with Gasteiger partial charge in [0.15, 0.2) is 5.58 Å². The van der Waals surface area contributed by atoms with Crippen molar-refractivity contribution in [1.82, 2.24) is 4.57 Å². The maximum atomic E-state index is 7.22. The van der Waals surface area contributed by atoms with Crippen molar-refractivity contribution in [3.63, 3.8) is 0 Å². The van der Waals surface area contributed by atoms with E-state index >= 15 is 0 Å². The lowest BCUT2D eigenvalue weighted by molar-refractivity contribution is 0.590. The third-order valence-electron chi connectivity index (χ3n) is 19.7. The Kier molecular flexibility index (Phi) is 14.0. The first kappa shape index (κ1) is 60.6. The van der Waals surface area contributed by atoms with Crippen molar-refractivity contribution in [3.05, 3.63) is 246 Å². The van der Waals surface area contributed by atoms with E-state index in [0.29, 0.717) is 0 Å². The van der Waals surface area contributed by atoms with Crippen LogP contribution in [0.25, 0.3) is 49.8 Å². The van der Waals surface area contributed by atoms with Gasteiger partial charge in [0.05, 0.1) is 16.9 Å². The van der Waals surface area contributed by atoms with Crippen LogP contribution in [-0.4, -0.2) is 11.3 Å². The molecule has 4 heterocycles. The summed E-state index contributed by atoms with van der Waals surface area (Å²) in [6, 6.07) is 81.6. The molecule has 0 saturated heterocycles. The summed E-state index contributed by atoms with van der Waals surface area (Å²) in [5.74, 6) is 0. The fourth-order valence-electron chi connectivity index (χ4n) is 14.3. The lowest BCUT2D eigenvalue weighted by atomic mass is 9.33. The molecule has 14 rings (SSSR count). The Morgan fingerprint density at radius 3 is 1.25 bits per heavy atom. The first-order chi connectivity index (χ1) is 43.4. The van der Waals surface area contributed by atoms with Crippen LogP contribution in [0.2, 0.25) is 0 Å². The number of fused-ring (bicyclic) bond motifs is 9. The van der Waals surface area contributed by atoms with Gasteiger partial charge in [0, 0.05) is 61.8 Å². The molecule has 2 aliphatic heterocycles. The van der Waals surface area contributed by atoms with E-state index < -0.39 is 0 Å². The van der Waals surface area contributed by atoms with Crippen molar-refractivity contribution in [1.29, 1.82) is 0 Å². The molecule has 0 radical (unpaired) electrons. The summed E-state index contributed by atoms with van der Waals surface area (Å²) in [5.41, 5.74) is 28.5. The van der Waals surface area contributed by atoms with E-state index in [2.05, 4.69) is 356 Å². The molecule has 0 fully saturated rings. The molecule has 92 heavy (non-hydrogen) atoms. The van der Waals surface area contributed by atoms with E-state index in [1.54, 1.807) is 0 Å². The lowest BCUT2D eigenvalue weighted by Crippen LogP contribution is -2.60. The summed E-state index contributed by atoms with van der Waals surface area (Å²) in [4.78, 5) is 7.64. The second-order valence-electron chi connectivity index (χ2n) is 32.4. The second kappa shape index (κ2) is 21.3. The molecular formula is C86H89BN4O. The second-order valence-corrected chi connectivity index (χ2v) is 32.4. The van der Waals surface area contributed by atoms with Crippen LogP contribution < -0.4 is 31.1 Å². The topological polar surface area (TPSA) is 27.8 Å². The number of hydrogen-bond acceptors (Lipinski definition) is 4. The van der Waals surface area contributed by atoms with Gasteiger partial charge in [-0.15, -0.1) is 0 Å². The Hall–Kier alpha value is -9.00. The van der Waals surface area contributed by atoms with Crippen LogP contribution in [0.1, 0.15) is 158 Å². The summed E-state index contributed by atoms with van der Waals surface area (Å²) in [6.07, 6.45) is 0. The van der Waals surface area contributed by atoms with Crippen LogP contribution >= 0.6 is 0 Å². The minimum atomic E-state index is -0.179. The smallest absolute Gasteiger partial charge is 0.252 e. The SMILES string of the molecule is CC(C)(C)c1ccc(N(c2ccc(C(C)(C)C)cc2)c2ccc3c(c2)N(c2ccc(C(C)(C)C)cc2-c2ccccc2)c2cc(N(c4ccc(C(C)(C)C)cc4)c4ccc(C(C)(C)C)cc4)cc4c2B3c2cc(C(C)(C)C)cc3c5oc6ccccc6c5n-4c23)cc1. The number of hydrogen-bond donors (Lipinski definition) is 0. The van der Waals surface area contributed by atoms with Crippen LogP contribution in [0, 0.1) is 0 Å². The molecule has 0 spiro atoms. The largest absolute Gasteiger partial charge is 0.454 e. The highest BCUT2D eigenvalue weighted by molar-refractivity contribution is 7.00. The van der Waals surface area contributed by atoms with Gasteiger partial charge in [-0.3, -0.25) is 0 Å². The monoisotopic (exact) mass is 1200 g/mol. The number of aromatic nitrogens is 1. The van der Waals surface area contributed by atoms with E-state index in [0.717, 1.165) is 89.9 Å². The summed E-state index contributed by atoms with van der Waals surface area (Å²) >= 11 is 0. The van der Waals surface area contributed by atoms with Gasteiger partial charge in [-0.2, -0.15) is 0 Å². The van der Waals surface area contributed by atoms with Gasteiger partial charge in [-0.05, 0) is 191 Å². The molecule has 2 aromatic heterocycles. The zero-order valence-corrected chi connectivity index (χ0v) is 57.5. The number of nitrogens with zero attached hydrogens (tertiary/aromatic N) is 4. The molecule has 5 nitrogen and oxygen atoms in total. The average Bonchev–Trinajstić information content (AvgIpc) is 1.55. The molecule has 0 N–H and O–H groups in total. The van der Waals surface area contributed by atoms with Gasteiger partial charge in [0.1, 0.15) is 11.1 Å². The quantitative estimate of drug-likeness (QED) is 0.142. The molecule has 462 valence electrons. The molecule has 0 atom stereocenters. The molecule has 0 bridgehead atoms. The number of benzene rings is 10. The van der Waals surface area contributed by atoms with Crippen molar-refractivity contribution in [2.75, 3.05) is 14.7 Å². The van der Waals surface area contributed by atoms with Crippen LogP contribution in [0.3, 0.4) is 0 Å². The van der Waals surface area contributed by atoms with E-state index in [4.69, 9.17) is 4.42 Å². The summed E-state index contributed by atoms with van der Waals surface area (Å²) in [6.45, 7) is 41.5. The molecule has 10 aromatic carbocycles. The summed E-state index contributed by atoms with van der Waals surface area (Å²) in [5, 5.41) is 2.23. The minimum absolute atomic E-state index is 0.0132. The average molecular weight is 1210 g/mol. The van der Waals surface area contributed by atoms with Gasteiger partial charge in [0.25, 0.3) is 6.71 Å². The predicted molar refractivity (Wildman–Crippen MR) is 397 cm³/mol. The highest BCUT2D eigenvalue weighted by Gasteiger charge is 2.45. The highest BCUT2D eigenvalue weighted by atomic mass is 16.3. The Morgan fingerprint density at radius 1 is 0.315 bits per heavy atom. The predicted octanol–water partition coefficient (Wildman–Crippen LogP) is 22.5. The molecule has 0 amide bonds. The molecule has 0 saturated carbocycles. The van der Waals surface area contributed by atoms with Crippen molar-refractivity contribution in [2.24, 2.45) is 0 Å². The zero-order valence-electron chi connectivity index (χ0n) is 57.5. The first-order valence-electron chi connectivity index (χ1n) is 33.3. The molecule has 0 aliphatic carbocycles. The Balaban J connectivity index is 1.15. The zero-order chi connectivity index (χ0) is 64.9. The van der Waals surface area contributed by atoms with Crippen molar-refractivity contribution in [2.45, 2.75) is 157 Å². The van der Waals surface area contributed by atoms with Crippen LogP contribution in [-0.2, 0) is 32.5 Å². The number of para-hydroxylation sites is 1. The normalized spacial score (nSPS) is 13.5. The molecule has 6 heteroatoms. The maximum Gasteiger partial charge on any atom is 0.252 e. The van der Waals surface area contributed by atoms with Crippen LogP contribution in [0.5, 0.6) is 0 Å². The fraction of sp³-hybridized carbons (Fsp3) is 0.279. The van der Waals surface area contributed by atoms with Gasteiger partial charge < -0.3 is 23.7 Å². The highest BCUT2D eigenvalue weighted by Crippen LogP contribution is 2.52. The third kappa shape index (κ3) is 10.3. The molecular weight excluding hydrogens is 1120 g/mol. The van der Waals surface area contributed by atoms with Crippen LogP contribution in [0.15, 0.2) is 217 Å². The molecule has 2 aliphatic rings. The molecule has 12 aromatic rings. The van der Waals surface area contributed by atoms with E-state index in [-0.39, 0.29) is 39.2 Å². The number of rotatable bonds is 8. The van der Waals surface area contributed by atoms with Gasteiger partial charge in [-0.25, -0.2) is 0 Å². The van der Waals surface area contributed by atoms with Crippen molar-refractivity contribution in [3.8, 4) is 16.8 Å². The number of anilines is 9. The van der Waals surface area contributed by atoms with Gasteiger partial charge in [-0.1, -0.05) is 234 Å². The van der Waals surface area contributed by atoms with E-state index in [9.17, 15) is 0 Å². The molecule has 0 unspecified atom stereocenters. The Labute approximate surface area is 547 Å². The Bertz CT molecular complexity index is 4710. The summed E-state index contributed by atoms with van der Waals surface area (Å²) in [7, 11) is 0. The lowest BCUT2D eigenvalue weighted by Gasteiger charge is -2.43. The van der Waals surface area contributed by atoms with Gasteiger partial charge >= 0.3 is 0 Å². The fourth-order valence-corrected chi connectivity index (χ4v) is 14.3. The van der Waals surface area contributed by atoms with E-state index in [1.807, 2.05) is 0 Å². The first-order valence-corrected chi connectivity index (χ1v) is 33.3. The Morgan fingerprint density at radius 2 is 0.750 bits per heavy atom. The van der Waals surface area contributed by atoms with Crippen LogP contribution in [0.4, 0.5) is 51.2 Å².